The minimum Gasteiger partial charge on any atom is -0.506 e. The quantitative estimate of drug-likeness (QED) is 0.690. The van der Waals surface area contributed by atoms with Crippen LogP contribution in [0.15, 0.2) is 18.2 Å². The second kappa shape index (κ2) is 5.05. The smallest absolute Gasteiger partial charge is 0.335 e. The van der Waals surface area contributed by atoms with Crippen molar-refractivity contribution in [3.05, 3.63) is 23.8 Å². The number of aromatic hydroxyl groups is 1. The summed E-state index contributed by atoms with van der Waals surface area (Å²) < 4.78 is 25.1. The third-order valence-electron chi connectivity index (χ3n) is 1.98. The molecule has 0 aliphatic rings. The molecule has 7 heteroatoms. The Balaban J connectivity index is 3.06. The Labute approximate surface area is 99.0 Å². The second-order valence-electron chi connectivity index (χ2n) is 3.46. The summed E-state index contributed by atoms with van der Waals surface area (Å²) in [5, 5.41) is 18.2. The van der Waals surface area contributed by atoms with Gasteiger partial charge in [0.1, 0.15) is 5.75 Å². The molecule has 0 heterocycles. The Kier molecular flexibility index (Phi) is 3.95. The van der Waals surface area contributed by atoms with Gasteiger partial charge in [0, 0.05) is 0 Å². The minimum absolute atomic E-state index is 0.0935. The molecule has 0 amide bonds. The van der Waals surface area contributed by atoms with E-state index in [0.29, 0.717) is 6.42 Å². The summed E-state index contributed by atoms with van der Waals surface area (Å²) >= 11 is 0. The van der Waals surface area contributed by atoms with Crippen LogP contribution in [0.3, 0.4) is 0 Å². The zero-order valence-electron chi connectivity index (χ0n) is 9.17. The maximum atomic E-state index is 11.5. The van der Waals surface area contributed by atoms with Gasteiger partial charge in [0.15, 0.2) is 0 Å². The van der Waals surface area contributed by atoms with Crippen LogP contribution >= 0.6 is 0 Å². The number of carbonyl (C=O) groups is 1. The van der Waals surface area contributed by atoms with Crippen LogP contribution in [0, 0.1) is 0 Å². The van der Waals surface area contributed by atoms with Gasteiger partial charge in [-0.3, -0.25) is 4.72 Å². The molecule has 0 spiro atoms. The molecular formula is C10H13NO5S. The van der Waals surface area contributed by atoms with Crippen molar-refractivity contribution >= 4 is 21.7 Å². The summed E-state index contributed by atoms with van der Waals surface area (Å²) in [7, 11) is -3.55. The molecule has 17 heavy (non-hydrogen) atoms. The average Bonchev–Trinajstić information content (AvgIpc) is 2.20. The molecule has 0 radical (unpaired) electrons. The van der Waals surface area contributed by atoms with Crippen LogP contribution < -0.4 is 4.72 Å². The van der Waals surface area contributed by atoms with Gasteiger partial charge in [-0.05, 0) is 24.6 Å². The van der Waals surface area contributed by atoms with Gasteiger partial charge in [0.05, 0.1) is 17.0 Å². The van der Waals surface area contributed by atoms with Crippen molar-refractivity contribution in [3.63, 3.8) is 0 Å². The summed E-state index contributed by atoms with van der Waals surface area (Å²) in [6, 6.07) is 3.40. The molecule has 0 atom stereocenters. The molecule has 0 saturated heterocycles. The van der Waals surface area contributed by atoms with E-state index in [1.165, 1.54) is 6.07 Å². The normalized spacial score (nSPS) is 11.1. The second-order valence-corrected chi connectivity index (χ2v) is 5.30. The molecule has 0 saturated carbocycles. The standard InChI is InChI=1S/C10H13NO5S/c1-2-5-17(15,16)11-8-6-7(10(13)14)3-4-9(8)12/h3-4,6,11-12H,2,5H2,1H3,(H,13,14). The van der Waals surface area contributed by atoms with E-state index < -0.39 is 16.0 Å². The Morgan fingerprint density at radius 2 is 2.06 bits per heavy atom. The van der Waals surface area contributed by atoms with Crippen molar-refractivity contribution in [1.29, 1.82) is 0 Å². The maximum Gasteiger partial charge on any atom is 0.335 e. The lowest BCUT2D eigenvalue weighted by Gasteiger charge is -2.09. The van der Waals surface area contributed by atoms with Crippen molar-refractivity contribution in [1.82, 2.24) is 0 Å². The van der Waals surface area contributed by atoms with Gasteiger partial charge < -0.3 is 10.2 Å². The van der Waals surface area contributed by atoms with Gasteiger partial charge in [-0.25, -0.2) is 13.2 Å². The van der Waals surface area contributed by atoms with Crippen LogP contribution in [0.5, 0.6) is 5.75 Å². The fourth-order valence-electron chi connectivity index (χ4n) is 1.24. The van der Waals surface area contributed by atoms with E-state index in [2.05, 4.69) is 4.72 Å². The summed E-state index contributed by atoms with van der Waals surface area (Å²) in [6.45, 7) is 1.70. The molecule has 1 aromatic carbocycles. The summed E-state index contributed by atoms with van der Waals surface area (Å²) in [5.41, 5.74) is -0.227. The predicted octanol–water partition coefficient (Wildman–Crippen LogP) is 1.24. The minimum atomic E-state index is -3.55. The first-order chi connectivity index (χ1) is 7.85. The fraction of sp³-hybridized carbons (Fsp3) is 0.300. The largest absolute Gasteiger partial charge is 0.506 e. The summed E-state index contributed by atoms with van der Waals surface area (Å²) in [5.74, 6) is -1.60. The van der Waals surface area contributed by atoms with Gasteiger partial charge >= 0.3 is 5.97 Å². The molecule has 0 fully saturated rings. The number of rotatable bonds is 5. The first-order valence-electron chi connectivity index (χ1n) is 4.92. The van der Waals surface area contributed by atoms with Gasteiger partial charge in [-0.15, -0.1) is 0 Å². The molecule has 0 bridgehead atoms. The number of sulfonamides is 1. The third kappa shape index (κ3) is 3.63. The molecule has 1 aromatic rings. The molecule has 0 aromatic heterocycles. The van der Waals surface area contributed by atoms with E-state index in [9.17, 15) is 18.3 Å². The zero-order valence-corrected chi connectivity index (χ0v) is 9.99. The highest BCUT2D eigenvalue weighted by molar-refractivity contribution is 7.92. The highest BCUT2D eigenvalue weighted by atomic mass is 32.2. The monoisotopic (exact) mass is 259 g/mol. The number of phenolic OH excluding ortho intramolecular Hbond substituents is 1. The van der Waals surface area contributed by atoms with Crippen LogP contribution in [0.4, 0.5) is 5.69 Å². The number of nitrogens with one attached hydrogen (secondary N) is 1. The topological polar surface area (TPSA) is 104 Å². The van der Waals surface area contributed by atoms with Crippen LogP contribution in [0.2, 0.25) is 0 Å². The highest BCUT2D eigenvalue weighted by Gasteiger charge is 2.13. The van der Waals surface area contributed by atoms with Crippen molar-refractivity contribution < 1.29 is 23.4 Å². The van der Waals surface area contributed by atoms with E-state index in [4.69, 9.17) is 5.11 Å². The number of benzene rings is 1. The van der Waals surface area contributed by atoms with Crippen LogP contribution in [0.1, 0.15) is 23.7 Å². The van der Waals surface area contributed by atoms with E-state index in [-0.39, 0.29) is 22.8 Å². The first kappa shape index (κ1) is 13.3. The number of anilines is 1. The average molecular weight is 259 g/mol. The van der Waals surface area contributed by atoms with E-state index in [1.807, 2.05) is 0 Å². The SMILES string of the molecule is CCCS(=O)(=O)Nc1cc(C(=O)O)ccc1O. The number of carboxylic acid groups (broad SMARTS) is 1. The van der Waals surface area contributed by atoms with Crippen LogP contribution in [-0.2, 0) is 10.0 Å². The molecule has 1 rings (SSSR count). The number of hydrogen-bond donors (Lipinski definition) is 3. The molecule has 6 nitrogen and oxygen atoms in total. The summed E-state index contributed by atoms with van der Waals surface area (Å²) in [6.07, 6.45) is 0.425. The Morgan fingerprint density at radius 3 is 2.59 bits per heavy atom. The van der Waals surface area contributed by atoms with E-state index in [1.54, 1.807) is 6.92 Å². The predicted molar refractivity (Wildman–Crippen MR) is 62.8 cm³/mol. The van der Waals surface area contributed by atoms with E-state index >= 15 is 0 Å². The third-order valence-corrected chi connectivity index (χ3v) is 3.46. The molecular weight excluding hydrogens is 246 g/mol. The summed E-state index contributed by atoms with van der Waals surface area (Å²) in [4.78, 5) is 10.7. The van der Waals surface area contributed by atoms with Gasteiger partial charge in [0.25, 0.3) is 0 Å². The lowest BCUT2D eigenvalue weighted by Crippen LogP contribution is -2.16. The van der Waals surface area contributed by atoms with E-state index in [0.717, 1.165) is 12.1 Å². The fourth-order valence-corrected chi connectivity index (χ4v) is 2.38. The van der Waals surface area contributed by atoms with Gasteiger partial charge in [-0.2, -0.15) is 0 Å². The maximum absolute atomic E-state index is 11.5. The molecule has 0 aliphatic heterocycles. The van der Waals surface area contributed by atoms with Crippen molar-refractivity contribution in [2.45, 2.75) is 13.3 Å². The Morgan fingerprint density at radius 1 is 1.41 bits per heavy atom. The van der Waals surface area contributed by atoms with Crippen molar-refractivity contribution in [2.24, 2.45) is 0 Å². The Hall–Kier alpha value is -1.76. The van der Waals surface area contributed by atoms with Gasteiger partial charge in [-0.1, -0.05) is 6.92 Å². The van der Waals surface area contributed by atoms with Gasteiger partial charge in [0.2, 0.25) is 10.0 Å². The van der Waals surface area contributed by atoms with Crippen molar-refractivity contribution in [3.8, 4) is 5.75 Å². The van der Waals surface area contributed by atoms with Crippen LogP contribution in [-0.4, -0.2) is 30.4 Å². The lowest BCUT2D eigenvalue weighted by atomic mass is 10.2. The molecule has 94 valence electrons. The highest BCUT2D eigenvalue weighted by Crippen LogP contribution is 2.25. The molecule has 0 unspecified atom stereocenters. The number of carboxylic acids is 1. The number of aromatic carboxylic acids is 1. The number of hydrogen-bond acceptors (Lipinski definition) is 4. The number of phenols is 1. The van der Waals surface area contributed by atoms with Crippen LogP contribution in [0.25, 0.3) is 0 Å². The lowest BCUT2D eigenvalue weighted by molar-refractivity contribution is 0.0697. The zero-order chi connectivity index (χ0) is 13.1. The van der Waals surface area contributed by atoms with Crippen molar-refractivity contribution in [2.75, 3.05) is 10.5 Å². The first-order valence-corrected chi connectivity index (χ1v) is 6.57. The Bertz CT molecular complexity index is 523. The molecule has 0 aliphatic carbocycles. The molecule has 3 N–H and O–H groups in total.